The van der Waals surface area contributed by atoms with Crippen LogP contribution in [0.2, 0.25) is 0 Å². The van der Waals surface area contributed by atoms with Gasteiger partial charge in [0.15, 0.2) is 0 Å². The van der Waals surface area contributed by atoms with Gasteiger partial charge in [-0.3, -0.25) is 0 Å². The van der Waals surface area contributed by atoms with Crippen LogP contribution in [0.3, 0.4) is 0 Å². The van der Waals surface area contributed by atoms with E-state index in [1.165, 1.54) is 25.7 Å². The third kappa shape index (κ3) is 1.61. The van der Waals surface area contributed by atoms with Gasteiger partial charge in [0.25, 0.3) is 0 Å². The summed E-state index contributed by atoms with van der Waals surface area (Å²) in [6, 6.07) is 0. The maximum atomic E-state index is 12.0. The van der Waals surface area contributed by atoms with Gasteiger partial charge in [0.1, 0.15) is 5.60 Å². The molecule has 4 nitrogen and oxygen atoms in total. The van der Waals surface area contributed by atoms with Gasteiger partial charge in [-0.05, 0) is 92.1 Å². The molecule has 4 heteroatoms. The third-order valence-electron chi connectivity index (χ3n) is 10.0. The van der Waals surface area contributed by atoms with Crippen LogP contribution in [0.15, 0.2) is 29.0 Å². The topological polar surface area (TPSA) is 58.9 Å². The highest BCUT2D eigenvalue weighted by molar-refractivity contribution is 5.96. The number of oxime groups is 1. The van der Waals surface area contributed by atoms with E-state index in [0.717, 1.165) is 54.1 Å². The molecule has 0 saturated heterocycles. The summed E-state index contributed by atoms with van der Waals surface area (Å²) in [5.41, 5.74) is 2.33. The van der Waals surface area contributed by atoms with E-state index in [-0.39, 0.29) is 17.0 Å². The molecular weight excluding hydrogens is 338 g/mol. The standard InChI is InChI=1S/C23H27NO3/c1-22-6-4-13-12-3-2-11(24-26)8-14(12)15-9-16(15)20(13)21(22)17-10-18(17)23(22)7-5-19(25)27-23/h5,7-8,12-13,15-18,20-21,26H,2-4,6,9-10H2,1H3/b24-11+/t12-,13?,15-,16-,17+,18-,20?,21?,22+,23+/m1/s1. The largest absolute Gasteiger partial charge is 0.451 e. The van der Waals surface area contributed by atoms with Gasteiger partial charge < -0.3 is 9.94 Å². The molecule has 3 unspecified atom stereocenters. The third-order valence-corrected chi connectivity index (χ3v) is 10.0. The van der Waals surface area contributed by atoms with Gasteiger partial charge in [-0.1, -0.05) is 17.7 Å². The molecule has 0 aromatic carbocycles. The molecule has 5 saturated carbocycles. The summed E-state index contributed by atoms with van der Waals surface area (Å²) in [7, 11) is 0. The van der Waals surface area contributed by atoms with E-state index in [1.807, 2.05) is 0 Å². The van der Waals surface area contributed by atoms with Crippen molar-refractivity contribution < 1.29 is 14.7 Å². The molecule has 7 aliphatic rings. The van der Waals surface area contributed by atoms with Crippen molar-refractivity contribution >= 4 is 11.7 Å². The maximum absolute atomic E-state index is 12.0. The zero-order valence-electron chi connectivity index (χ0n) is 15.8. The molecule has 0 amide bonds. The Kier molecular flexibility index (Phi) is 2.57. The smallest absolute Gasteiger partial charge is 0.331 e. The number of carbonyl (C=O) groups is 1. The Morgan fingerprint density at radius 2 is 2.07 bits per heavy atom. The Labute approximate surface area is 159 Å². The van der Waals surface area contributed by atoms with Crippen LogP contribution in [-0.4, -0.2) is 22.5 Å². The number of hydrogen-bond acceptors (Lipinski definition) is 4. The van der Waals surface area contributed by atoms with Crippen LogP contribution >= 0.6 is 0 Å². The fourth-order valence-electron chi connectivity index (χ4n) is 9.03. The second kappa shape index (κ2) is 4.52. The number of carbonyl (C=O) groups excluding carboxylic acids is 1. The zero-order chi connectivity index (χ0) is 18.1. The molecule has 142 valence electrons. The summed E-state index contributed by atoms with van der Waals surface area (Å²) in [5, 5.41) is 12.8. The van der Waals surface area contributed by atoms with Crippen LogP contribution in [-0.2, 0) is 9.53 Å². The number of nitrogens with zero attached hydrogens (tertiary/aromatic N) is 1. The van der Waals surface area contributed by atoms with Crippen molar-refractivity contribution in [3.05, 3.63) is 23.8 Å². The first-order valence-corrected chi connectivity index (χ1v) is 10.9. The van der Waals surface area contributed by atoms with Crippen LogP contribution in [0, 0.1) is 52.8 Å². The highest BCUT2D eigenvalue weighted by atomic mass is 16.6. The van der Waals surface area contributed by atoms with Crippen LogP contribution in [0.1, 0.15) is 45.4 Å². The van der Waals surface area contributed by atoms with Gasteiger partial charge in [-0.2, -0.15) is 0 Å². The normalized spacial score (nSPS) is 60.1. The molecule has 1 aliphatic heterocycles. The lowest BCUT2D eigenvalue weighted by Crippen LogP contribution is -2.55. The molecule has 1 N–H and O–H groups in total. The van der Waals surface area contributed by atoms with E-state index in [0.29, 0.717) is 11.8 Å². The lowest BCUT2D eigenvalue weighted by molar-refractivity contribution is -0.168. The van der Waals surface area contributed by atoms with Gasteiger partial charge >= 0.3 is 5.97 Å². The number of rotatable bonds is 0. The zero-order valence-corrected chi connectivity index (χ0v) is 15.8. The minimum absolute atomic E-state index is 0.120. The quantitative estimate of drug-likeness (QED) is 0.402. The van der Waals surface area contributed by atoms with Gasteiger partial charge in [-0.25, -0.2) is 4.79 Å². The number of esters is 1. The van der Waals surface area contributed by atoms with Crippen LogP contribution in [0.4, 0.5) is 0 Å². The summed E-state index contributed by atoms with van der Waals surface area (Å²) in [4.78, 5) is 12.0. The molecule has 10 atom stereocenters. The highest BCUT2D eigenvalue weighted by Crippen LogP contribution is 2.80. The Hall–Kier alpha value is -1.58. The van der Waals surface area contributed by atoms with Gasteiger partial charge in [0.2, 0.25) is 0 Å². The Morgan fingerprint density at radius 1 is 1.19 bits per heavy atom. The van der Waals surface area contributed by atoms with E-state index in [4.69, 9.17) is 4.74 Å². The minimum atomic E-state index is -0.297. The van der Waals surface area contributed by atoms with Crippen molar-refractivity contribution in [3.8, 4) is 0 Å². The maximum Gasteiger partial charge on any atom is 0.331 e. The minimum Gasteiger partial charge on any atom is -0.451 e. The summed E-state index contributed by atoms with van der Waals surface area (Å²) in [6.45, 7) is 2.45. The van der Waals surface area contributed by atoms with Crippen molar-refractivity contribution in [3.63, 3.8) is 0 Å². The van der Waals surface area contributed by atoms with Crippen LogP contribution < -0.4 is 0 Å². The molecule has 1 spiro atoms. The number of ether oxygens (including phenoxy) is 1. The second-order valence-electron chi connectivity index (χ2n) is 10.7. The summed E-state index contributed by atoms with van der Waals surface area (Å²) in [5.74, 6) is 5.78. The summed E-state index contributed by atoms with van der Waals surface area (Å²) in [6.07, 6.45) is 13.2. The van der Waals surface area contributed by atoms with Crippen molar-refractivity contribution in [2.24, 2.45) is 57.9 Å². The van der Waals surface area contributed by atoms with Crippen molar-refractivity contribution in [2.75, 3.05) is 0 Å². The van der Waals surface area contributed by atoms with E-state index in [2.05, 4.69) is 24.2 Å². The van der Waals surface area contributed by atoms with Crippen molar-refractivity contribution in [2.45, 2.75) is 51.0 Å². The predicted octanol–water partition coefficient (Wildman–Crippen LogP) is 3.95. The predicted molar refractivity (Wildman–Crippen MR) is 99.0 cm³/mol. The molecule has 5 fully saturated rings. The Morgan fingerprint density at radius 3 is 2.85 bits per heavy atom. The second-order valence-corrected chi connectivity index (χ2v) is 10.7. The molecule has 0 radical (unpaired) electrons. The summed E-state index contributed by atoms with van der Waals surface area (Å²) >= 11 is 0. The van der Waals surface area contributed by atoms with E-state index < -0.39 is 0 Å². The SMILES string of the molecule is C[C@]12CCC3C(C1[C@H]1C[C@H]1[C@@]21C=CC(=O)O1)[C@@H]1C[C@@H]1C1=C/C(=N/O)CC[C@@H]13. The molecule has 0 bridgehead atoms. The van der Waals surface area contributed by atoms with E-state index >= 15 is 0 Å². The highest BCUT2D eigenvalue weighted by Gasteiger charge is 2.79. The Bertz CT molecular complexity index is 858. The molecule has 27 heavy (non-hydrogen) atoms. The van der Waals surface area contributed by atoms with Crippen molar-refractivity contribution in [1.29, 1.82) is 0 Å². The molecule has 0 aromatic heterocycles. The fourth-order valence-corrected chi connectivity index (χ4v) is 9.03. The molecule has 1 heterocycles. The first-order valence-electron chi connectivity index (χ1n) is 10.9. The molecule has 0 aromatic rings. The summed E-state index contributed by atoms with van der Waals surface area (Å²) < 4.78 is 6.10. The molecular formula is C23H27NO3. The first kappa shape index (κ1) is 15.4. The average Bonchev–Trinajstić information content (AvgIpc) is 3.58. The van der Waals surface area contributed by atoms with Crippen LogP contribution in [0.25, 0.3) is 0 Å². The van der Waals surface area contributed by atoms with E-state index in [1.54, 1.807) is 11.6 Å². The number of hydrogen-bond donors (Lipinski definition) is 1. The number of fused-ring (bicyclic) bond motifs is 12. The number of allylic oxidation sites excluding steroid dienone is 2. The molecule has 6 aliphatic carbocycles. The van der Waals surface area contributed by atoms with E-state index in [9.17, 15) is 10.0 Å². The average molecular weight is 365 g/mol. The lowest BCUT2D eigenvalue weighted by atomic mass is 9.49. The lowest BCUT2D eigenvalue weighted by Gasteiger charge is -2.56. The van der Waals surface area contributed by atoms with Gasteiger partial charge in [0, 0.05) is 17.4 Å². The van der Waals surface area contributed by atoms with Gasteiger partial charge in [-0.15, -0.1) is 0 Å². The van der Waals surface area contributed by atoms with Crippen molar-refractivity contribution in [1.82, 2.24) is 0 Å². The van der Waals surface area contributed by atoms with Crippen LogP contribution in [0.5, 0.6) is 0 Å². The monoisotopic (exact) mass is 365 g/mol. The van der Waals surface area contributed by atoms with Gasteiger partial charge in [0.05, 0.1) is 5.71 Å². The Balaban J connectivity index is 1.30. The fraction of sp³-hybridized carbons (Fsp3) is 0.739. The first-order chi connectivity index (χ1) is 13.1. The molecule has 7 rings (SSSR count).